The molecule has 0 spiro atoms. The molecule has 0 radical (unpaired) electrons. The van der Waals surface area contributed by atoms with Crippen molar-refractivity contribution >= 4 is 44.9 Å². The first kappa shape index (κ1) is 31.9. The summed E-state index contributed by atoms with van der Waals surface area (Å²) >= 11 is 0. The minimum atomic E-state index is -1.33. The number of aryl methyl sites for hydroxylation is 1. The summed E-state index contributed by atoms with van der Waals surface area (Å²) in [5.41, 5.74) is 4.16. The van der Waals surface area contributed by atoms with Crippen LogP contribution in [0.3, 0.4) is 0 Å². The number of aromatic amines is 1. The Balaban J connectivity index is -0.00000135. The molecule has 9 N–H and O–H groups in total. The van der Waals surface area contributed by atoms with Crippen LogP contribution >= 0.6 is 0 Å². The van der Waals surface area contributed by atoms with Gasteiger partial charge < -0.3 is 36.4 Å². The molecule has 1 aromatic carbocycles. The van der Waals surface area contributed by atoms with Crippen LogP contribution < -0.4 is 9.47 Å². The van der Waals surface area contributed by atoms with Crippen LogP contribution in [0, 0.1) is 13.8 Å². The molecule has 0 fully saturated rings. The second kappa shape index (κ2) is 13.4. The molecule has 29 heavy (non-hydrogen) atoms. The van der Waals surface area contributed by atoms with Gasteiger partial charge in [-0.1, -0.05) is 0 Å². The van der Waals surface area contributed by atoms with Gasteiger partial charge in [0.1, 0.15) is 11.5 Å². The Morgan fingerprint density at radius 1 is 1.07 bits per heavy atom. The maximum atomic E-state index is 12.7. The number of hydrogen-bond donors (Lipinski definition) is 1. The summed E-state index contributed by atoms with van der Waals surface area (Å²) in [5, 5.41) is 0.430. The van der Waals surface area contributed by atoms with Crippen LogP contribution in [0.1, 0.15) is 16.8 Å². The number of H-pyrrole nitrogens is 1. The van der Waals surface area contributed by atoms with Gasteiger partial charge in [0.25, 0.3) is 0 Å². The van der Waals surface area contributed by atoms with Crippen molar-refractivity contribution in [2.75, 3.05) is 14.2 Å². The quantitative estimate of drug-likeness (QED) is 0.504. The van der Waals surface area contributed by atoms with Crippen LogP contribution in [-0.2, 0) is 16.6 Å². The van der Waals surface area contributed by atoms with Gasteiger partial charge in [-0.25, -0.2) is 4.98 Å². The van der Waals surface area contributed by atoms with E-state index in [1.807, 2.05) is 32.0 Å². The fourth-order valence-electron chi connectivity index (χ4n) is 2.61. The molecular formula is C17H27MgN3O7S+2. The second-order valence-electron chi connectivity index (χ2n) is 5.46. The van der Waals surface area contributed by atoms with Crippen molar-refractivity contribution in [3.8, 4) is 11.5 Å². The predicted molar refractivity (Wildman–Crippen MR) is 113 cm³/mol. The van der Waals surface area contributed by atoms with Gasteiger partial charge in [0.15, 0.2) is 5.16 Å². The number of fused-ring (bicyclic) bond motifs is 1. The molecule has 3 rings (SSSR count). The van der Waals surface area contributed by atoms with Gasteiger partial charge in [0.05, 0.1) is 47.5 Å². The van der Waals surface area contributed by atoms with E-state index in [0.29, 0.717) is 5.16 Å². The third kappa shape index (κ3) is 6.60. The van der Waals surface area contributed by atoms with Crippen LogP contribution in [-0.4, -0.2) is 78.3 Å². The SMILES string of the molecule is COc1ccc2nc(S(=O)Cc3ncc(C)c(OC)c3C)[nH]c2c1.O.O.O.O.[Mg+2]. The van der Waals surface area contributed by atoms with Gasteiger partial charge in [-0.3, -0.25) is 9.19 Å². The average molecular weight is 442 g/mol. The average Bonchev–Trinajstić information content (AvgIpc) is 3.01. The van der Waals surface area contributed by atoms with E-state index in [1.165, 1.54) is 0 Å². The van der Waals surface area contributed by atoms with Crippen LogP contribution in [0.15, 0.2) is 29.6 Å². The number of aromatic nitrogens is 3. The largest absolute Gasteiger partial charge is 2.00 e. The second-order valence-corrected chi connectivity index (χ2v) is 6.83. The van der Waals surface area contributed by atoms with Crippen molar-refractivity contribution in [1.82, 2.24) is 15.0 Å². The number of pyridine rings is 1. The van der Waals surface area contributed by atoms with Crippen LogP contribution in [0.2, 0.25) is 0 Å². The van der Waals surface area contributed by atoms with E-state index >= 15 is 0 Å². The summed E-state index contributed by atoms with van der Waals surface area (Å²) in [5.74, 6) is 1.79. The number of imidazole rings is 1. The van der Waals surface area contributed by atoms with Crippen molar-refractivity contribution in [2.45, 2.75) is 24.8 Å². The van der Waals surface area contributed by atoms with Crippen LogP contribution in [0.25, 0.3) is 11.0 Å². The molecule has 10 nitrogen and oxygen atoms in total. The zero-order valence-corrected chi connectivity index (χ0v) is 19.0. The first-order valence-corrected chi connectivity index (χ1v) is 8.76. The van der Waals surface area contributed by atoms with Crippen molar-refractivity contribution in [1.29, 1.82) is 0 Å². The van der Waals surface area contributed by atoms with E-state index < -0.39 is 10.8 Å². The van der Waals surface area contributed by atoms with E-state index in [2.05, 4.69) is 15.0 Å². The Labute approximate surface area is 186 Å². The molecular weight excluding hydrogens is 415 g/mol. The topological polar surface area (TPSA) is 203 Å². The maximum Gasteiger partial charge on any atom is 2.00 e. The minimum absolute atomic E-state index is 0. The summed E-state index contributed by atoms with van der Waals surface area (Å²) in [6, 6.07) is 5.50. The first-order valence-electron chi connectivity index (χ1n) is 7.44. The molecule has 1 unspecified atom stereocenters. The third-order valence-corrected chi connectivity index (χ3v) is 5.06. The fraction of sp³-hybridized carbons (Fsp3) is 0.294. The molecule has 1 atom stereocenters. The number of rotatable bonds is 5. The van der Waals surface area contributed by atoms with E-state index in [4.69, 9.17) is 9.47 Å². The molecule has 12 heteroatoms. The molecule has 2 heterocycles. The number of ether oxygens (including phenoxy) is 2. The molecule has 0 aliphatic heterocycles. The Kier molecular flexibility index (Phi) is 14.8. The molecule has 0 saturated heterocycles. The van der Waals surface area contributed by atoms with Gasteiger partial charge in [-0.2, -0.15) is 0 Å². The maximum absolute atomic E-state index is 12.7. The molecule has 0 saturated carbocycles. The smallest absolute Gasteiger partial charge is 0.497 e. The number of methoxy groups -OCH3 is 2. The number of benzene rings is 1. The normalized spacial score (nSPS) is 10.2. The van der Waals surface area contributed by atoms with Gasteiger partial charge in [0.2, 0.25) is 0 Å². The van der Waals surface area contributed by atoms with Crippen LogP contribution in [0.4, 0.5) is 0 Å². The predicted octanol–water partition coefficient (Wildman–Crippen LogP) is -0.780. The molecule has 3 aromatic rings. The van der Waals surface area contributed by atoms with Gasteiger partial charge >= 0.3 is 23.1 Å². The Hall–Kier alpha value is -1.80. The summed E-state index contributed by atoms with van der Waals surface area (Å²) in [6.07, 6.45) is 1.74. The Morgan fingerprint density at radius 2 is 1.72 bits per heavy atom. The van der Waals surface area contributed by atoms with Gasteiger partial charge in [-0.05, 0) is 26.0 Å². The number of nitrogens with zero attached hydrogens (tertiary/aromatic N) is 2. The molecule has 158 valence electrons. The van der Waals surface area contributed by atoms with Crippen molar-refractivity contribution in [2.24, 2.45) is 0 Å². The van der Waals surface area contributed by atoms with Crippen molar-refractivity contribution in [3.63, 3.8) is 0 Å². The molecule has 0 aliphatic carbocycles. The van der Waals surface area contributed by atoms with Gasteiger partial charge in [-0.15, -0.1) is 0 Å². The summed E-state index contributed by atoms with van der Waals surface area (Å²) in [7, 11) is 1.91. The van der Waals surface area contributed by atoms with E-state index in [9.17, 15) is 4.21 Å². The van der Waals surface area contributed by atoms with Crippen LogP contribution in [0.5, 0.6) is 11.5 Å². The van der Waals surface area contributed by atoms with E-state index in [0.717, 1.165) is 39.4 Å². The standard InChI is InChI=1S/C17H19N3O3S.Mg.4H2O/c1-10-8-18-15(11(2)16(10)23-4)9-24(21)17-19-13-6-5-12(22-3)7-14(13)20-17;;;;;/h5-8H,9H2,1-4H3,(H,19,20);;4*1H2/q;+2;;;;. The molecule has 0 aliphatic rings. The fourth-order valence-corrected chi connectivity index (χ4v) is 3.71. The zero-order valence-electron chi connectivity index (χ0n) is 16.8. The number of nitrogens with one attached hydrogen (secondary N) is 1. The summed E-state index contributed by atoms with van der Waals surface area (Å²) in [4.78, 5) is 11.9. The van der Waals surface area contributed by atoms with Crippen molar-refractivity contribution < 1.29 is 35.6 Å². The van der Waals surface area contributed by atoms with E-state index in [1.54, 1.807) is 20.4 Å². The Morgan fingerprint density at radius 3 is 2.31 bits per heavy atom. The monoisotopic (exact) mass is 441 g/mol. The zero-order chi connectivity index (χ0) is 17.3. The van der Waals surface area contributed by atoms with Gasteiger partial charge in [0, 0.05) is 23.4 Å². The van der Waals surface area contributed by atoms with Crippen molar-refractivity contribution in [3.05, 3.63) is 41.2 Å². The molecule has 0 amide bonds. The first-order chi connectivity index (χ1) is 11.5. The summed E-state index contributed by atoms with van der Waals surface area (Å²) in [6.45, 7) is 3.86. The number of hydrogen-bond acceptors (Lipinski definition) is 5. The third-order valence-electron chi connectivity index (χ3n) is 3.90. The minimum Gasteiger partial charge on any atom is -0.497 e. The van der Waals surface area contributed by atoms with E-state index in [-0.39, 0.29) is 50.7 Å². The molecule has 0 bridgehead atoms. The Bertz CT molecular complexity index is 937. The summed E-state index contributed by atoms with van der Waals surface area (Å²) < 4.78 is 23.3. The molecule has 2 aromatic heterocycles.